The molecule has 0 unspecified atom stereocenters. The molecule has 0 saturated carbocycles. The lowest BCUT2D eigenvalue weighted by Gasteiger charge is -2.18. The molecule has 0 fully saturated rings. The van der Waals surface area contributed by atoms with Gasteiger partial charge in [-0.1, -0.05) is 23.2 Å². The van der Waals surface area contributed by atoms with E-state index in [0.29, 0.717) is 49.5 Å². The Morgan fingerprint density at radius 1 is 1.19 bits per heavy atom. The summed E-state index contributed by atoms with van der Waals surface area (Å²) in [6.07, 6.45) is 1.54. The standard InChI is InChI=1S/C22H19Cl2N5O3/c1-12-20-14(10-17(18-5-4-8-32-18)26-21(20)29(3)27-12)22(31)28(2)11-19(30)25-13-6-7-15(23)16(24)9-13/h4-10H,11H2,1-3H3,(H,25,30). The summed E-state index contributed by atoms with van der Waals surface area (Å²) in [7, 11) is 3.32. The third kappa shape index (κ3) is 4.19. The Morgan fingerprint density at radius 3 is 2.66 bits per heavy atom. The number of fused-ring (bicyclic) bond motifs is 1. The lowest BCUT2D eigenvalue weighted by atomic mass is 10.1. The number of nitrogens with one attached hydrogen (secondary N) is 1. The summed E-state index contributed by atoms with van der Waals surface area (Å²) in [5.74, 6) is -0.191. The minimum atomic E-state index is -0.376. The van der Waals surface area contributed by atoms with E-state index in [1.165, 1.54) is 11.2 Å². The molecule has 32 heavy (non-hydrogen) atoms. The Bertz CT molecular complexity index is 1330. The number of anilines is 1. The van der Waals surface area contributed by atoms with Crippen LogP contribution in [-0.2, 0) is 11.8 Å². The van der Waals surface area contributed by atoms with Gasteiger partial charge in [0, 0.05) is 19.8 Å². The molecular formula is C22H19Cl2N5O3. The normalized spacial score (nSPS) is 11.0. The van der Waals surface area contributed by atoms with Crippen LogP contribution in [0.4, 0.5) is 5.69 Å². The van der Waals surface area contributed by atoms with Gasteiger partial charge < -0.3 is 14.6 Å². The maximum absolute atomic E-state index is 13.3. The Balaban J connectivity index is 1.62. The molecule has 8 nitrogen and oxygen atoms in total. The van der Waals surface area contributed by atoms with Gasteiger partial charge in [0.2, 0.25) is 5.91 Å². The first kappa shape index (κ1) is 21.9. The number of hydrogen-bond acceptors (Lipinski definition) is 5. The second kappa shape index (κ2) is 8.64. The minimum absolute atomic E-state index is 0.168. The average Bonchev–Trinajstić information content (AvgIpc) is 3.38. The van der Waals surface area contributed by atoms with Crippen LogP contribution in [0.1, 0.15) is 16.1 Å². The van der Waals surface area contributed by atoms with Crippen LogP contribution in [0.15, 0.2) is 47.1 Å². The van der Waals surface area contributed by atoms with E-state index < -0.39 is 0 Å². The first-order valence-corrected chi connectivity index (χ1v) is 10.4. The highest BCUT2D eigenvalue weighted by Crippen LogP contribution is 2.28. The number of pyridine rings is 1. The van der Waals surface area contributed by atoms with Gasteiger partial charge >= 0.3 is 0 Å². The summed E-state index contributed by atoms with van der Waals surface area (Å²) >= 11 is 11.9. The number of aryl methyl sites for hydroxylation is 2. The van der Waals surface area contributed by atoms with Gasteiger partial charge in [0.15, 0.2) is 11.4 Å². The molecule has 0 aliphatic heterocycles. The van der Waals surface area contributed by atoms with Gasteiger partial charge in [-0.3, -0.25) is 14.3 Å². The van der Waals surface area contributed by atoms with E-state index in [4.69, 9.17) is 27.6 Å². The smallest absolute Gasteiger partial charge is 0.254 e. The van der Waals surface area contributed by atoms with Crippen LogP contribution in [-0.4, -0.2) is 45.1 Å². The van der Waals surface area contributed by atoms with Crippen LogP contribution >= 0.6 is 23.2 Å². The van der Waals surface area contributed by atoms with Crippen molar-refractivity contribution in [2.24, 2.45) is 7.05 Å². The Labute approximate surface area is 193 Å². The number of amides is 2. The van der Waals surface area contributed by atoms with Crippen molar-refractivity contribution in [3.63, 3.8) is 0 Å². The van der Waals surface area contributed by atoms with Crippen molar-refractivity contribution in [2.75, 3.05) is 18.9 Å². The largest absolute Gasteiger partial charge is 0.463 e. The molecule has 0 atom stereocenters. The summed E-state index contributed by atoms with van der Waals surface area (Å²) in [5, 5.41) is 8.45. The molecule has 0 spiro atoms. The molecule has 3 heterocycles. The van der Waals surface area contributed by atoms with Gasteiger partial charge in [-0.05, 0) is 43.3 Å². The van der Waals surface area contributed by atoms with Gasteiger partial charge in [-0.2, -0.15) is 5.10 Å². The van der Waals surface area contributed by atoms with Gasteiger partial charge in [-0.15, -0.1) is 0 Å². The summed E-state index contributed by atoms with van der Waals surface area (Å²) in [6, 6.07) is 9.94. The van der Waals surface area contributed by atoms with Crippen LogP contribution in [0.25, 0.3) is 22.5 Å². The lowest BCUT2D eigenvalue weighted by molar-refractivity contribution is -0.116. The second-order valence-electron chi connectivity index (χ2n) is 7.28. The molecule has 4 aromatic rings. The number of carbonyl (C=O) groups is 2. The zero-order valence-electron chi connectivity index (χ0n) is 17.5. The number of carbonyl (C=O) groups excluding carboxylic acids is 2. The Hall–Kier alpha value is -3.36. The van der Waals surface area contributed by atoms with Crippen molar-refractivity contribution in [3.8, 4) is 11.5 Å². The third-order valence-electron chi connectivity index (χ3n) is 4.90. The van der Waals surface area contributed by atoms with Crippen molar-refractivity contribution < 1.29 is 14.0 Å². The maximum Gasteiger partial charge on any atom is 0.254 e. The van der Waals surface area contributed by atoms with Gasteiger partial charge in [0.25, 0.3) is 5.91 Å². The fourth-order valence-electron chi connectivity index (χ4n) is 3.43. The number of rotatable bonds is 5. The fourth-order valence-corrected chi connectivity index (χ4v) is 3.73. The summed E-state index contributed by atoms with van der Waals surface area (Å²) < 4.78 is 7.07. The van der Waals surface area contributed by atoms with Crippen LogP contribution in [0.2, 0.25) is 10.0 Å². The Morgan fingerprint density at radius 2 is 1.97 bits per heavy atom. The van der Waals surface area contributed by atoms with Gasteiger partial charge in [0.1, 0.15) is 5.69 Å². The number of furan rings is 1. The molecule has 3 aromatic heterocycles. The highest BCUT2D eigenvalue weighted by Gasteiger charge is 2.23. The molecule has 0 radical (unpaired) electrons. The SMILES string of the molecule is Cc1nn(C)c2nc(-c3ccco3)cc(C(=O)N(C)CC(=O)Nc3ccc(Cl)c(Cl)c3)c12. The highest BCUT2D eigenvalue weighted by atomic mass is 35.5. The predicted molar refractivity (Wildman–Crippen MR) is 123 cm³/mol. The van der Waals surface area contributed by atoms with Crippen LogP contribution in [0.5, 0.6) is 0 Å². The quantitative estimate of drug-likeness (QED) is 0.460. The fraction of sp³-hybridized carbons (Fsp3) is 0.182. The molecular weight excluding hydrogens is 453 g/mol. The molecule has 4 rings (SSSR count). The molecule has 164 valence electrons. The van der Waals surface area contributed by atoms with E-state index in [2.05, 4.69) is 15.4 Å². The van der Waals surface area contributed by atoms with Crippen molar-refractivity contribution in [3.05, 3.63) is 64.0 Å². The summed E-state index contributed by atoms with van der Waals surface area (Å²) in [4.78, 5) is 31.8. The molecule has 0 aliphatic carbocycles. The summed E-state index contributed by atoms with van der Waals surface area (Å²) in [5.41, 5.74) is 2.59. The molecule has 10 heteroatoms. The van der Waals surface area contributed by atoms with Crippen molar-refractivity contribution >= 4 is 51.7 Å². The van der Waals surface area contributed by atoms with Gasteiger partial charge in [-0.25, -0.2) is 4.98 Å². The number of likely N-dealkylation sites (N-methyl/N-ethyl adjacent to an activating group) is 1. The summed E-state index contributed by atoms with van der Waals surface area (Å²) in [6.45, 7) is 1.64. The molecule has 2 amide bonds. The zero-order valence-corrected chi connectivity index (χ0v) is 19.0. The van der Waals surface area contributed by atoms with E-state index in [-0.39, 0.29) is 18.4 Å². The average molecular weight is 472 g/mol. The maximum atomic E-state index is 13.3. The van der Waals surface area contributed by atoms with E-state index in [1.54, 1.807) is 55.2 Å². The van der Waals surface area contributed by atoms with E-state index in [0.717, 1.165) is 0 Å². The lowest BCUT2D eigenvalue weighted by Crippen LogP contribution is -2.35. The zero-order chi connectivity index (χ0) is 23.0. The van der Waals surface area contributed by atoms with Crippen LogP contribution in [0, 0.1) is 6.92 Å². The van der Waals surface area contributed by atoms with Crippen molar-refractivity contribution in [1.29, 1.82) is 0 Å². The number of benzene rings is 1. The van der Waals surface area contributed by atoms with Crippen molar-refractivity contribution in [1.82, 2.24) is 19.7 Å². The number of nitrogens with zero attached hydrogens (tertiary/aromatic N) is 4. The first-order valence-electron chi connectivity index (χ1n) is 9.63. The predicted octanol–water partition coefficient (Wildman–Crippen LogP) is 4.55. The number of halogens is 2. The molecule has 0 bridgehead atoms. The molecule has 1 N–H and O–H groups in total. The molecule has 0 saturated heterocycles. The Kier molecular flexibility index (Phi) is 5.90. The second-order valence-corrected chi connectivity index (χ2v) is 8.09. The first-order chi connectivity index (χ1) is 15.2. The third-order valence-corrected chi connectivity index (χ3v) is 5.64. The molecule has 0 aliphatic rings. The van der Waals surface area contributed by atoms with Crippen LogP contribution < -0.4 is 5.32 Å². The minimum Gasteiger partial charge on any atom is -0.463 e. The number of hydrogen-bond donors (Lipinski definition) is 1. The van der Waals surface area contributed by atoms with Gasteiger partial charge in [0.05, 0.1) is 39.5 Å². The number of aromatic nitrogens is 3. The van der Waals surface area contributed by atoms with E-state index in [1.807, 2.05) is 6.92 Å². The monoisotopic (exact) mass is 471 g/mol. The highest BCUT2D eigenvalue weighted by molar-refractivity contribution is 6.42. The topological polar surface area (TPSA) is 93.3 Å². The molecule has 1 aromatic carbocycles. The van der Waals surface area contributed by atoms with Crippen molar-refractivity contribution in [2.45, 2.75) is 6.92 Å². The van der Waals surface area contributed by atoms with Crippen LogP contribution in [0.3, 0.4) is 0 Å². The van der Waals surface area contributed by atoms with E-state index in [9.17, 15) is 9.59 Å². The van der Waals surface area contributed by atoms with E-state index >= 15 is 0 Å².